The lowest BCUT2D eigenvalue weighted by Crippen LogP contribution is -2.26. The number of carbonyl (C=O) groups is 2. The summed E-state index contributed by atoms with van der Waals surface area (Å²) in [6, 6.07) is 18.6. The first-order chi connectivity index (χ1) is 14.6. The van der Waals surface area contributed by atoms with Crippen LogP contribution in [-0.4, -0.2) is 20.2 Å². The van der Waals surface area contributed by atoms with Gasteiger partial charge in [-0.05, 0) is 73.2 Å². The van der Waals surface area contributed by atoms with E-state index in [1.165, 1.54) is 12.1 Å². The van der Waals surface area contributed by atoms with Gasteiger partial charge in [0.05, 0.1) is 10.9 Å². The van der Waals surface area contributed by atoms with E-state index in [2.05, 4.69) is 5.32 Å². The first kappa shape index (κ1) is 22.0. The van der Waals surface area contributed by atoms with Crippen molar-refractivity contribution in [2.24, 2.45) is 10.9 Å². The molecule has 0 saturated carbocycles. The van der Waals surface area contributed by atoms with Crippen LogP contribution >= 0.6 is 0 Å². The van der Waals surface area contributed by atoms with E-state index in [1.54, 1.807) is 67.6 Å². The van der Waals surface area contributed by atoms with E-state index in [0.29, 0.717) is 22.6 Å². The summed E-state index contributed by atoms with van der Waals surface area (Å²) in [7, 11) is -3.76. The molecule has 3 rings (SSSR count). The van der Waals surface area contributed by atoms with E-state index >= 15 is 0 Å². The van der Waals surface area contributed by atoms with Gasteiger partial charge in [0.1, 0.15) is 11.5 Å². The highest BCUT2D eigenvalue weighted by Gasteiger charge is 2.13. The summed E-state index contributed by atoms with van der Waals surface area (Å²) in [6.07, 6.45) is 0. The molecule has 0 aliphatic heterocycles. The highest BCUT2D eigenvalue weighted by molar-refractivity contribution is 7.89. The van der Waals surface area contributed by atoms with Crippen molar-refractivity contribution >= 4 is 21.8 Å². The molecule has 9 heteroatoms. The van der Waals surface area contributed by atoms with E-state index in [0.717, 1.165) is 5.56 Å². The molecule has 0 aliphatic carbocycles. The maximum Gasteiger partial charge on any atom is 0.251 e. The Morgan fingerprint density at radius 1 is 0.839 bits per heavy atom. The number of ether oxygens (including phenoxy) is 1. The summed E-state index contributed by atoms with van der Waals surface area (Å²) in [4.78, 5) is 23.6. The molecule has 3 aromatic carbocycles. The molecular formula is C22H21N3O5S. The summed E-state index contributed by atoms with van der Waals surface area (Å²) in [5.74, 6) is 0.241. The minimum absolute atomic E-state index is 0.00892. The molecule has 5 N–H and O–H groups in total. The topological polar surface area (TPSA) is 142 Å². The van der Waals surface area contributed by atoms with Gasteiger partial charge in [-0.25, -0.2) is 13.6 Å². The maximum absolute atomic E-state index is 12.5. The minimum Gasteiger partial charge on any atom is -0.457 e. The zero-order valence-corrected chi connectivity index (χ0v) is 17.4. The second kappa shape index (κ2) is 8.99. The Morgan fingerprint density at radius 3 is 1.77 bits per heavy atom. The molecule has 0 fully saturated rings. The number of hydrogen-bond acceptors (Lipinski definition) is 5. The Bertz CT molecular complexity index is 1190. The molecular weight excluding hydrogens is 418 g/mol. The van der Waals surface area contributed by atoms with E-state index in [1.807, 2.05) is 0 Å². The number of nitrogens with two attached hydrogens (primary N) is 2. The third kappa shape index (κ3) is 5.68. The van der Waals surface area contributed by atoms with Gasteiger partial charge >= 0.3 is 0 Å². The fourth-order valence-corrected chi connectivity index (χ4v) is 3.32. The highest BCUT2D eigenvalue weighted by atomic mass is 32.2. The third-order valence-corrected chi connectivity index (χ3v) is 5.48. The van der Waals surface area contributed by atoms with Crippen LogP contribution in [0, 0.1) is 0 Å². The van der Waals surface area contributed by atoms with Gasteiger partial charge in [-0.15, -0.1) is 0 Å². The van der Waals surface area contributed by atoms with Crippen molar-refractivity contribution < 1.29 is 22.7 Å². The number of sulfonamides is 1. The first-order valence-electron chi connectivity index (χ1n) is 9.25. The molecule has 0 aromatic heterocycles. The molecule has 0 aliphatic rings. The predicted molar refractivity (Wildman–Crippen MR) is 115 cm³/mol. The standard InChI is InChI=1S/C22H21N3O5S/c1-14(15-6-12-20(13-7-15)31(24,28)29)25-22(27)17-4-10-19(11-5-17)30-18-8-2-16(3-9-18)21(23)26/h2-14H,1H3,(H2,23,26)(H,25,27)(H2,24,28,29). The molecule has 0 spiro atoms. The molecule has 160 valence electrons. The van der Waals surface area contributed by atoms with E-state index in [4.69, 9.17) is 15.6 Å². The van der Waals surface area contributed by atoms with Gasteiger partial charge in [0, 0.05) is 11.1 Å². The van der Waals surface area contributed by atoms with Gasteiger partial charge in [0.2, 0.25) is 15.9 Å². The molecule has 0 bridgehead atoms. The number of benzene rings is 3. The number of hydrogen-bond donors (Lipinski definition) is 3. The Hall–Kier alpha value is -3.69. The Morgan fingerprint density at radius 2 is 1.32 bits per heavy atom. The van der Waals surface area contributed by atoms with Crippen LogP contribution in [0.3, 0.4) is 0 Å². The lowest BCUT2D eigenvalue weighted by molar-refractivity contribution is 0.0938. The monoisotopic (exact) mass is 439 g/mol. The number of primary amides is 1. The molecule has 0 saturated heterocycles. The van der Waals surface area contributed by atoms with Crippen molar-refractivity contribution in [3.05, 3.63) is 89.5 Å². The maximum atomic E-state index is 12.5. The van der Waals surface area contributed by atoms with Crippen molar-refractivity contribution in [3.8, 4) is 11.5 Å². The Labute approximate surface area is 179 Å². The van der Waals surface area contributed by atoms with E-state index in [-0.39, 0.29) is 16.8 Å². The van der Waals surface area contributed by atoms with Crippen molar-refractivity contribution in [1.82, 2.24) is 5.32 Å². The first-order valence-corrected chi connectivity index (χ1v) is 10.8. The molecule has 1 unspecified atom stereocenters. The van der Waals surface area contributed by atoms with Crippen LogP contribution in [0.4, 0.5) is 0 Å². The van der Waals surface area contributed by atoms with Gasteiger partial charge < -0.3 is 15.8 Å². The van der Waals surface area contributed by atoms with Crippen LogP contribution in [0.5, 0.6) is 11.5 Å². The second-order valence-corrected chi connectivity index (χ2v) is 8.39. The summed E-state index contributed by atoms with van der Waals surface area (Å²) >= 11 is 0. The summed E-state index contributed by atoms with van der Waals surface area (Å²) in [5, 5.41) is 7.95. The van der Waals surface area contributed by atoms with Gasteiger partial charge in [-0.1, -0.05) is 12.1 Å². The predicted octanol–water partition coefficient (Wildman–Crippen LogP) is 2.72. The molecule has 3 aromatic rings. The Kier molecular flexibility index (Phi) is 6.38. The van der Waals surface area contributed by atoms with Crippen LogP contribution < -0.4 is 20.9 Å². The zero-order chi connectivity index (χ0) is 22.6. The molecule has 8 nitrogen and oxygen atoms in total. The number of carbonyl (C=O) groups excluding carboxylic acids is 2. The number of nitrogens with one attached hydrogen (secondary N) is 1. The lowest BCUT2D eigenvalue weighted by Gasteiger charge is -2.15. The molecule has 0 radical (unpaired) electrons. The zero-order valence-electron chi connectivity index (χ0n) is 16.6. The fourth-order valence-electron chi connectivity index (χ4n) is 2.81. The van der Waals surface area contributed by atoms with Crippen LogP contribution in [0.1, 0.15) is 39.2 Å². The summed E-state index contributed by atoms with van der Waals surface area (Å²) < 4.78 is 28.4. The summed E-state index contributed by atoms with van der Waals surface area (Å²) in [6.45, 7) is 1.79. The van der Waals surface area contributed by atoms with Crippen molar-refractivity contribution in [3.63, 3.8) is 0 Å². The van der Waals surface area contributed by atoms with Gasteiger partial charge in [0.15, 0.2) is 0 Å². The smallest absolute Gasteiger partial charge is 0.251 e. The quantitative estimate of drug-likeness (QED) is 0.519. The van der Waals surface area contributed by atoms with Crippen molar-refractivity contribution in [1.29, 1.82) is 0 Å². The number of rotatable bonds is 7. The van der Waals surface area contributed by atoms with Crippen LogP contribution in [-0.2, 0) is 10.0 Å². The normalized spacial score (nSPS) is 12.1. The van der Waals surface area contributed by atoms with Crippen LogP contribution in [0.25, 0.3) is 0 Å². The third-order valence-electron chi connectivity index (χ3n) is 4.55. The fraction of sp³-hybridized carbons (Fsp3) is 0.0909. The molecule has 31 heavy (non-hydrogen) atoms. The SMILES string of the molecule is CC(NC(=O)c1ccc(Oc2ccc(C(N)=O)cc2)cc1)c1ccc(S(N)(=O)=O)cc1. The summed E-state index contributed by atoms with van der Waals surface area (Å²) in [5.41, 5.74) is 6.76. The largest absolute Gasteiger partial charge is 0.457 e. The highest BCUT2D eigenvalue weighted by Crippen LogP contribution is 2.22. The minimum atomic E-state index is -3.76. The molecule has 0 heterocycles. The van der Waals surface area contributed by atoms with Gasteiger partial charge in [-0.3, -0.25) is 9.59 Å². The van der Waals surface area contributed by atoms with Crippen molar-refractivity contribution in [2.45, 2.75) is 17.9 Å². The van der Waals surface area contributed by atoms with Gasteiger partial charge in [-0.2, -0.15) is 0 Å². The Balaban J connectivity index is 1.62. The van der Waals surface area contributed by atoms with Crippen LogP contribution in [0.2, 0.25) is 0 Å². The van der Waals surface area contributed by atoms with E-state index < -0.39 is 15.9 Å². The molecule has 1 atom stereocenters. The van der Waals surface area contributed by atoms with Gasteiger partial charge in [0.25, 0.3) is 5.91 Å². The van der Waals surface area contributed by atoms with Crippen LogP contribution in [0.15, 0.2) is 77.7 Å². The number of amides is 2. The van der Waals surface area contributed by atoms with Crippen molar-refractivity contribution in [2.75, 3.05) is 0 Å². The average molecular weight is 439 g/mol. The lowest BCUT2D eigenvalue weighted by atomic mass is 10.1. The second-order valence-electron chi connectivity index (χ2n) is 6.82. The molecule has 2 amide bonds. The number of primary sulfonamides is 1. The van der Waals surface area contributed by atoms with E-state index in [9.17, 15) is 18.0 Å². The average Bonchev–Trinajstić information content (AvgIpc) is 2.74.